The van der Waals surface area contributed by atoms with Crippen molar-refractivity contribution in [2.75, 3.05) is 11.5 Å². The second-order valence-electron chi connectivity index (χ2n) is 9.04. The number of amides is 2. The summed E-state index contributed by atoms with van der Waals surface area (Å²) in [7, 11) is 0. The van der Waals surface area contributed by atoms with Gasteiger partial charge in [0.2, 0.25) is 11.8 Å². The summed E-state index contributed by atoms with van der Waals surface area (Å²) < 4.78 is 27.7. The fraction of sp³-hybridized carbons (Fsp3) is 0.591. The van der Waals surface area contributed by atoms with Crippen molar-refractivity contribution in [2.45, 2.75) is 45.3 Å². The number of benzene rings is 1. The van der Waals surface area contributed by atoms with E-state index in [0.717, 1.165) is 17.0 Å². The molecule has 4 rings (SSSR count). The van der Waals surface area contributed by atoms with E-state index >= 15 is 0 Å². The van der Waals surface area contributed by atoms with Crippen LogP contribution < -0.4 is 4.90 Å². The van der Waals surface area contributed by atoms with Crippen molar-refractivity contribution in [1.29, 1.82) is 0 Å². The number of fused-ring (bicyclic) bond motifs is 3. The minimum absolute atomic E-state index is 0.121. The molecule has 3 fully saturated rings. The molecule has 0 unspecified atom stereocenters. The summed E-state index contributed by atoms with van der Waals surface area (Å²) in [6.45, 7) is 4.33. The molecule has 2 saturated carbocycles. The first kappa shape index (κ1) is 21.8. The molecule has 2 N–H and O–H groups in total. The number of anilines is 1. The number of halogens is 2. The third-order valence-electron chi connectivity index (χ3n) is 6.52. The van der Waals surface area contributed by atoms with E-state index in [-0.39, 0.29) is 23.9 Å². The second kappa shape index (κ2) is 8.27. The zero-order valence-electron chi connectivity index (χ0n) is 17.4. The average Bonchev–Trinajstić information content (AvgIpc) is 2.96. The normalized spacial score (nSPS) is 34.3. The van der Waals surface area contributed by atoms with Crippen LogP contribution in [0.25, 0.3) is 0 Å². The number of carbonyl (C=O) groups is 2. The van der Waals surface area contributed by atoms with Gasteiger partial charge in [-0.1, -0.05) is 19.0 Å². The van der Waals surface area contributed by atoms with Gasteiger partial charge >= 0.3 is 0 Å². The van der Waals surface area contributed by atoms with Crippen molar-refractivity contribution in [1.82, 2.24) is 0 Å². The van der Waals surface area contributed by atoms with Crippen LogP contribution in [0, 0.1) is 41.2 Å². The van der Waals surface area contributed by atoms with Crippen LogP contribution in [-0.2, 0) is 14.4 Å². The lowest BCUT2D eigenvalue weighted by atomic mass is 9.60. The summed E-state index contributed by atoms with van der Waals surface area (Å²) in [5.41, 5.74) is 0.260. The summed E-state index contributed by atoms with van der Waals surface area (Å²) >= 11 is 0. The SMILES string of the molecule is CC(C)CON=C1C[C@@H](O)[C@@H](O)[C@@H]2[C@@H]3C(=O)N(c4ccc(F)cc4F)C(=O)[C@@H]3CC[C@H]12. The zero-order valence-corrected chi connectivity index (χ0v) is 17.4. The maximum atomic E-state index is 14.4. The Hall–Kier alpha value is -2.39. The molecular weight excluding hydrogens is 410 g/mol. The van der Waals surface area contributed by atoms with Gasteiger partial charge in [-0.25, -0.2) is 13.7 Å². The molecule has 0 aromatic heterocycles. The number of hydrogen-bond acceptors (Lipinski definition) is 6. The Labute approximate surface area is 178 Å². The number of rotatable bonds is 4. The highest BCUT2D eigenvalue weighted by atomic mass is 19.1. The molecular formula is C22H26F2N2O5. The largest absolute Gasteiger partial charge is 0.396 e. The first-order valence-corrected chi connectivity index (χ1v) is 10.6. The summed E-state index contributed by atoms with van der Waals surface area (Å²) in [5, 5.41) is 25.4. The summed E-state index contributed by atoms with van der Waals surface area (Å²) in [6.07, 6.45) is -1.41. The fourth-order valence-electron chi connectivity index (χ4n) is 5.14. The molecule has 1 heterocycles. The quantitative estimate of drug-likeness (QED) is 0.557. The van der Waals surface area contributed by atoms with E-state index < -0.39 is 53.4 Å². The van der Waals surface area contributed by atoms with Crippen molar-refractivity contribution >= 4 is 23.2 Å². The van der Waals surface area contributed by atoms with Gasteiger partial charge in [0.05, 0.1) is 35.4 Å². The van der Waals surface area contributed by atoms with Crippen LogP contribution in [0.3, 0.4) is 0 Å². The number of oxime groups is 1. The number of imide groups is 1. The molecule has 1 aromatic carbocycles. The predicted octanol–water partition coefficient (Wildman–Crippen LogP) is 2.25. The Morgan fingerprint density at radius 3 is 2.55 bits per heavy atom. The Balaban J connectivity index is 1.67. The zero-order chi connectivity index (χ0) is 22.4. The number of aliphatic hydroxyl groups excluding tert-OH is 2. The lowest BCUT2D eigenvalue weighted by Gasteiger charge is -2.45. The van der Waals surface area contributed by atoms with Crippen molar-refractivity contribution in [3.8, 4) is 0 Å². The maximum Gasteiger partial charge on any atom is 0.238 e. The van der Waals surface area contributed by atoms with E-state index in [2.05, 4.69) is 5.16 Å². The lowest BCUT2D eigenvalue weighted by molar-refractivity contribution is -0.132. The Morgan fingerprint density at radius 1 is 1.16 bits per heavy atom. The van der Waals surface area contributed by atoms with E-state index in [9.17, 15) is 28.6 Å². The Kier molecular flexibility index (Phi) is 5.83. The van der Waals surface area contributed by atoms with E-state index in [1.807, 2.05) is 13.8 Å². The van der Waals surface area contributed by atoms with Crippen LogP contribution in [-0.4, -0.2) is 46.6 Å². The molecule has 2 aliphatic carbocycles. The van der Waals surface area contributed by atoms with Crippen LogP contribution in [0.15, 0.2) is 23.4 Å². The topological polar surface area (TPSA) is 99.4 Å². The summed E-state index contributed by atoms with van der Waals surface area (Å²) in [4.78, 5) is 32.5. The van der Waals surface area contributed by atoms with Crippen molar-refractivity contribution < 1.29 is 33.4 Å². The molecule has 168 valence electrons. The highest BCUT2D eigenvalue weighted by molar-refractivity contribution is 6.22. The molecule has 6 atom stereocenters. The van der Waals surface area contributed by atoms with Gasteiger partial charge in [0, 0.05) is 24.3 Å². The number of hydrogen-bond donors (Lipinski definition) is 2. The molecule has 0 spiro atoms. The van der Waals surface area contributed by atoms with Crippen molar-refractivity contribution in [2.24, 2.45) is 34.7 Å². The molecule has 0 bridgehead atoms. The minimum atomic E-state index is -1.23. The molecule has 2 amide bonds. The molecule has 3 aliphatic rings. The van der Waals surface area contributed by atoms with Crippen LogP contribution in [0.5, 0.6) is 0 Å². The molecule has 9 heteroatoms. The number of carbonyl (C=O) groups excluding carboxylic acids is 2. The highest BCUT2D eigenvalue weighted by Gasteiger charge is 2.60. The Bertz CT molecular complexity index is 921. The standard InChI is InChI=1S/C22H26F2N2O5/c1-10(2)9-31-25-15-8-17(27)20(28)18-12(15)4-5-13-19(18)22(30)26(21(13)29)16-6-3-11(23)7-14(16)24/h3,6-7,10,12-13,17-20,27-28H,4-5,8-9H2,1-2H3/t12-,13-,17-,18+,19-,20-/m1/s1. The smallest absolute Gasteiger partial charge is 0.238 e. The van der Waals surface area contributed by atoms with Gasteiger partial charge in [-0.3, -0.25) is 9.59 Å². The number of nitrogens with zero attached hydrogens (tertiary/aromatic N) is 2. The van der Waals surface area contributed by atoms with Crippen molar-refractivity contribution in [3.05, 3.63) is 29.8 Å². The van der Waals surface area contributed by atoms with Gasteiger partial charge in [-0.15, -0.1) is 0 Å². The van der Waals surface area contributed by atoms with Gasteiger partial charge in [-0.2, -0.15) is 0 Å². The van der Waals surface area contributed by atoms with E-state index in [1.165, 1.54) is 0 Å². The van der Waals surface area contributed by atoms with Crippen LogP contribution >= 0.6 is 0 Å². The molecule has 0 radical (unpaired) electrons. The number of aliphatic hydroxyl groups is 2. The second-order valence-corrected chi connectivity index (χ2v) is 9.04. The summed E-state index contributed by atoms with van der Waals surface area (Å²) in [5.74, 6) is -5.52. The molecule has 7 nitrogen and oxygen atoms in total. The van der Waals surface area contributed by atoms with Gasteiger partial charge in [0.25, 0.3) is 0 Å². The highest BCUT2D eigenvalue weighted by Crippen LogP contribution is 2.50. The summed E-state index contributed by atoms with van der Waals surface area (Å²) in [6, 6.07) is 2.67. The van der Waals surface area contributed by atoms with Gasteiger partial charge in [0.1, 0.15) is 18.2 Å². The maximum absolute atomic E-state index is 14.4. The molecule has 1 saturated heterocycles. The van der Waals surface area contributed by atoms with E-state index in [1.54, 1.807) is 0 Å². The van der Waals surface area contributed by atoms with Crippen LogP contribution in [0.2, 0.25) is 0 Å². The third-order valence-corrected chi connectivity index (χ3v) is 6.52. The molecule has 1 aliphatic heterocycles. The van der Waals surface area contributed by atoms with E-state index in [0.29, 0.717) is 31.2 Å². The van der Waals surface area contributed by atoms with Crippen LogP contribution in [0.1, 0.15) is 33.1 Å². The minimum Gasteiger partial charge on any atom is -0.396 e. The monoisotopic (exact) mass is 436 g/mol. The van der Waals surface area contributed by atoms with Crippen LogP contribution in [0.4, 0.5) is 14.5 Å². The van der Waals surface area contributed by atoms with Crippen molar-refractivity contribution in [3.63, 3.8) is 0 Å². The van der Waals surface area contributed by atoms with E-state index in [4.69, 9.17) is 4.84 Å². The molecule has 1 aromatic rings. The Morgan fingerprint density at radius 2 is 1.87 bits per heavy atom. The first-order valence-electron chi connectivity index (χ1n) is 10.6. The molecule has 31 heavy (non-hydrogen) atoms. The predicted molar refractivity (Wildman–Crippen MR) is 107 cm³/mol. The van der Waals surface area contributed by atoms with Gasteiger partial charge < -0.3 is 15.1 Å². The lowest BCUT2D eigenvalue weighted by Crippen LogP contribution is -2.54. The first-order chi connectivity index (χ1) is 14.7. The third kappa shape index (κ3) is 3.74. The van der Waals surface area contributed by atoms with Gasteiger partial charge in [0.15, 0.2) is 0 Å². The average molecular weight is 436 g/mol. The fourth-order valence-corrected chi connectivity index (χ4v) is 5.14. The van der Waals surface area contributed by atoms with Gasteiger partial charge in [-0.05, 0) is 30.9 Å².